The largest absolute Gasteiger partial charge is 0.369 e. The third-order valence-electron chi connectivity index (χ3n) is 5.72. The molecule has 1 saturated heterocycles. The van der Waals surface area contributed by atoms with Crippen LogP contribution < -0.4 is 4.90 Å². The van der Waals surface area contributed by atoms with Crippen molar-refractivity contribution in [3.63, 3.8) is 0 Å². The van der Waals surface area contributed by atoms with Gasteiger partial charge in [0.05, 0.1) is 23.0 Å². The number of hydrogen-bond acceptors (Lipinski definition) is 5. The van der Waals surface area contributed by atoms with E-state index in [4.69, 9.17) is 0 Å². The molecule has 0 bridgehead atoms. The van der Waals surface area contributed by atoms with Crippen molar-refractivity contribution in [1.82, 2.24) is 19.7 Å². The van der Waals surface area contributed by atoms with Crippen LogP contribution in [0.4, 0.5) is 5.69 Å². The molecule has 2 aromatic heterocycles. The maximum atomic E-state index is 9.77. The van der Waals surface area contributed by atoms with Gasteiger partial charge < -0.3 is 4.90 Å². The Kier molecular flexibility index (Phi) is 5.50. The van der Waals surface area contributed by atoms with E-state index in [1.165, 1.54) is 11.1 Å². The van der Waals surface area contributed by atoms with Gasteiger partial charge in [-0.3, -0.25) is 14.6 Å². The number of nitrogens with zero attached hydrogens (tertiary/aromatic N) is 6. The number of aromatic nitrogens is 3. The first kappa shape index (κ1) is 19.4. The first-order valence-corrected chi connectivity index (χ1v) is 10.3. The van der Waals surface area contributed by atoms with Crippen molar-refractivity contribution in [1.29, 1.82) is 5.26 Å². The van der Waals surface area contributed by atoms with Crippen LogP contribution in [-0.4, -0.2) is 45.8 Å². The second-order valence-electron chi connectivity index (χ2n) is 8.20. The first-order valence-electron chi connectivity index (χ1n) is 10.3. The zero-order chi connectivity index (χ0) is 20.4. The summed E-state index contributed by atoms with van der Waals surface area (Å²) in [5.74, 6) is 0.442. The number of aryl methyl sites for hydroxylation is 1. The van der Waals surface area contributed by atoms with Gasteiger partial charge in [0.2, 0.25) is 0 Å². The maximum absolute atomic E-state index is 9.77. The van der Waals surface area contributed by atoms with Crippen molar-refractivity contribution in [2.24, 2.45) is 7.05 Å². The minimum Gasteiger partial charge on any atom is -0.369 e. The first-order chi connectivity index (χ1) is 14.0. The Morgan fingerprint density at radius 2 is 2.00 bits per heavy atom. The Morgan fingerprint density at radius 1 is 1.14 bits per heavy atom. The third-order valence-corrected chi connectivity index (χ3v) is 5.72. The molecule has 0 radical (unpaired) electrons. The summed E-state index contributed by atoms with van der Waals surface area (Å²) in [5.41, 5.74) is 5.19. The fourth-order valence-electron chi connectivity index (χ4n) is 4.14. The van der Waals surface area contributed by atoms with Crippen LogP contribution in [0.5, 0.6) is 0 Å². The van der Waals surface area contributed by atoms with Crippen LogP contribution in [-0.2, 0) is 13.6 Å². The van der Waals surface area contributed by atoms with Crippen LogP contribution >= 0.6 is 0 Å². The average molecular weight is 389 g/mol. The molecule has 1 aromatic carbocycles. The summed E-state index contributed by atoms with van der Waals surface area (Å²) in [7, 11) is 1.96. The lowest BCUT2D eigenvalue weighted by Crippen LogP contribution is -2.31. The van der Waals surface area contributed by atoms with Gasteiger partial charge in [0.25, 0.3) is 0 Å². The molecule has 1 aliphatic heterocycles. The van der Waals surface area contributed by atoms with Crippen molar-refractivity contribution in [2.75, 3.05) is 31.1 Å². The van der Waals surface area contributed by atoms with Gasteiger partial charge in [-0.2, -0.15) is 10.4 Å². The van der Waals surface area contributed by atoms with Crippen molar-refractivity contribution in [2.45, 2.75) is 32.7 Å². The van der Waals surface area contributed by atoms with Gasteiger partial charge >= 0.3 is 0 Å². The van der Waals surface area contributed by atoms with E-state index >= 15 is 0 Å². The van der Waals surface area contributed by atoms with Gasteiger partial charge in [0.1, 0.15) is 6.07 Å². The van der Waals surface area contributed by atoms with E-state index < -0.39 is 0 Å². The number of nitriles is 1. The number of anilines is 1. The molecule has 3 aromatic rings. The fourth-order valence-corrected chi connectivity index (χ4v) is 4.14. The maximum Gasteiger partial charge on any atom is 0.103 e. The second-order valence-corrected chi connectivity index (χ2v) is 8.20. The van der Waals surface area contributed by atoms with E-state index in [0.717, 1.165) is 55.7 Å². The monoisotopic (exact) mass is 388 g/mol. The molecular formula is C23H28N6. The summed E-state index contributed by atoms with van der Waals surface area (Å²) in [5, 5.41) is 15.1. The van der Waals surface area contributed by atoms with E-state index in [2.05, 4.69) is 64.2 Å². The molecule has 0 spiro atoms. The highest BCUT2D eigenvalue weighted by atomic mass is 15.3. The Hall–Kier alpha value is -2.91. The molecule has 1 aliphatic rings. The van der Waals surface area contributed by atoms with E-state index in [-0.39, 0.29) is 0 Å². The Balaban J connectivity index is 1.63. The molecule has 3 heterocycles. The Labute approximate surface area is 172 Å². The number of fused-ring (bicyclic) bond motifs is 1. The molecule has 0 N–H and O–H groups in total. The smallest absolute Gasteiger partial charge is 0.103 e. The molecule has 0 amide bonds. The lowest BCUT2D eigenvalue weighted by atomic mass is 9.99. The van der Waals surface area contributed by atoms with Gasteiger partial charge in [-0.05, 0) is 30.0 Å². The molecular weight excluding hydrogens is 360 g/mol. The molecule has 6 nitrogen and oxygen atoms in total. The molecule has 0 unspecified atom stereocenters. The van der Waals surface area contributed by atoms with E-state index in [1.807, 2.05) is 17.9 Å². The van der Waals surface area contributed by atoms with Gasteiger partial charge in [-0.1, -0.05) is 19.9 Å². The Bertz CT molecular complexity index is 1050. The van der Waals surface area contributed by atoms with Crippen molar-refractivity contribution in [3.05, 3.63) is 53.5 Å². The van der Waals surface area contributed by atoms with Gasteiger partial charge in [-0.15, -0.1) is 0 Å². The van der Waals surface area contributed by atoms with E-state index in [9.17, 15) is 5.26 Å². The van der Waals surface area contributed by atoms with Crippen molar-refractivity contribution in [3.8, 4) is 6.07 Å². The molecule has 29 heavy (non-hydrogen) atoms. The minimum atomic E-state index is 0.442. The molecule has 6 heteroatoms. The molecule has 0 atom stereocenters. The van der Waals surface area contributed by atoms with Crippen LogP contribution in [0, 0.1) is 11.3 Å². The lowest BCUT2D eigenvalue weighted by molar-refractivity contribution is 0.285. The highest BCUT2D eigenvalue weighted by Crippen LogP contribution is 2.32. The van der Waals surface area contributed by atoms with Gasteiger partial charge in [-0.25, -0.2) is 0 Å². The quantitative estimate of drug-likeness (QED) is 0.682. The molecule has 150 valence electrons. The predicted molar refractivity (Wildman–Crippen MR) is 116 cm³/mol. The highest BCUT2D eigenvalue weighted by Gasteiger charge is 2.21. The lowest BCUT2D eigenvalue weighted by Gasteiger charge is -2.26. The fraction of sp³-hybridized carbons (Fsp3) is 0.435. The molecule has 0 aliphatic carbocycles. The van der Waals surface area contributed by atoms with E-state index in [1.54, 1.807) is 6.20 Å². The number of hydrogen-bond donors (Lipinski definition) is 0. The zero-order valence-corrected chi connectivity index (χ0v) is 17.5. The predicted octanol–water partition coefficient (Wildman–Crippen LogP) is 3.68. The van der Waals surface area contributed by atoms with Crippen LogP contribution in [0.15, 0.2) is 36.8 Å². The normalized spacial score (nSPS) is 15.6. The summed E-state index contributed by atoms with van der Waals surface area (Å²) >= 11 is 0. The van der Waals surface area contributed by atoms with Gasteiger partial charge in [0.15, 0.2) is 0 Å². The highest BCUT2D eigenvalue weighted by molar-refractivity contribution is 5.95. The minimum absolute atomic E-state index is 0.442. The summed E-state index contributed by atoms with van der Waals surface area (Å²) in [4.78, 5) is 9.40. The summed E-state index contributed by atoms with van der Waals surface area (Å²) in [6.07, 6.45) is 6.82. The van der Waals surface area contributed by atoms with E-state index in [0.29, 0.717) is 11.5 Å². The van der Waals surface area contributed by atoms with Crippen LogP contribution in [0.1, 0.15) is 42.9 Å². The number of rotatable bonds is 4. The standard InChI is InChI=1S/C23H28N6/c1-17(2)19-5-6-22-21(11-19)23(20(12-24)14-25-22)29-8-4-7-28(9-10-29)16-18-13-26-27(3)15-18/h5-6,11,13-15,17H,4,7-10,16H2,1-3H3. The van der Waals surface area contributed by atoms with Gasteiger partial charge in [0, 0.05) is 63.1 Å². The average Bonchev–Trinajstić information content (AvgIpc) is 2.99. The van der Waals surface area contributed by atoms with Crippen LogP contribution in [0.3, 0.4) is 0 Å². The van der Waals surface area contributed by atoms with Crippen molar-refractivity contribution >= 4 is 16.6 Å². The number of pyridine rings is 1. The van der Waals surface area contributed by atoms with Crippen LogP contribution in [0.2, 0.25) is 0 Å². The Morgan fingerprint density at radius 3 is 2.72 bits per heavy atom. The topological polar surface area (TPSA) is 61.0 Å². The molecule has 1 fully saturated rings. The summed E-state index contributed by atoms with van der Waals surface area (Å²) in [6, 6.07) is 8.83. The summed E-state index contributed by atoms with van der Waals surface area (Å²) in [6.45, 7) is 9.18. The third kappa shape index (κ3) is 4.10. The van der Waals surface area contributed by atoms with Crippen LogP contribution in [0.25, 0.3) is 10.9 Å². The molecule has 0 saturated carbocycles. The number of benzene rings is 1. The molecule has 4 rings (SSSR count). The SMILES string of the molecule is CC(C)c1ccc2ncc(C#N)c(N3CCCN(Cc4cnn(C)c4)CC3)c2c1. The van der Waals surface area contributed by atoms with Crippen molar-refractivity contribution < 1.29 is 0 Å². The zero-order valence-electron chi connectivity index (χ0n) is 17.5. The summed E-state index contributed by atoms with van der Waals surface area (Å²) < 4.78 is 1.86. The second kappa shape index (κ2) is 8.22.